The van der Waals surface area contributed by atoms with Crippen molar-refractivity contribution in [1.82, 2.24) is 4.98 Å². The molecule has 8 heteroatoms. The summed E-state index contributed by atoms with van der Waals surface area (Å²) < 4.78 is 33.4. The topological polar surface area (TPSA) is 96.8 Å². The number of methoxy groups -OCH3 is 1. The van der Waals surface area contributed by atoms with Crippen molar-refractivity contribution in [1.29, 1.82) is 0 Å². The Hall–Kier alpha value is -2.61. The number of aryl methyl sites for hydroxylation is 3. The highest BCUT2D eigenvalue weighted by Crippen LogP contribution is 2.34. The Balaban J connectivity index is 2.11. The van der Waals surface area contributed by atoms with Gasteiger partial charge in [-0.15, -0.1) is 0 Å². The third-order valence-corrected chi connectivity index (χ3v) is 6.70. The summed E-state index contributed by atoms with van der Waals surface area (Å²) in [7, 11) is -2.30. The highest BCUT2D eigenvalue weighted by atomic mass is 32.2. The summed E-state index contributed by atoms with van der Waals surface area (Å²) in [6.45, 7) is 3.78. The monoisotopic (exact) mass is 390 g/mol. The van der Waals surface area contributed by atoms with Gasteiger partial charge in [0.2, 0.25) is 0 Å². The number of benzene rings is 1. The molecule has 3 rings (SSSR count). The zero-order valence-electron chi connectivity index (χ0n) is 15.5. The maximum absolute atomic E-state index is 13.5. The Morgan fingerprint density at radius 3 is 2.52 bits per heavy atom. The number of sulfonamides is 1. The van der Waals surface area contributed by atoms with Crippen LogP contribution in [0.3, 0.4) is 0 Å². The first-order valence-electron chi connectivity index (χ1n) is 8.62. The first kappa shape index (κ1) is 19.2. The zero-order valence-corrected chi connectivity index (χ0v) is 16.3. The average molecular weight is 390 g/mol. The third kappa shape index (κ3) is 3.62. The number of nitrogens with zero attached hydrogens (tertiary/aromatic N) is 2. The number of ether oxygens (including phenoxy) is 1. The molecule has 27 heavy (non-hydrogen) atoms. The van der Waals surface area contributed by atoms with E-state index in [2.05, 4.69) is 4.98 Å². The second kappa shape index (κ2) is 7.19. The summed E-state index contributed by atoms with van der Waals surface area (Å²) in [6.07, 6.45) is 1.14. The molecule has 0 saturated heterocycles. The number of carbonyl (C=O) groups is 1. The van der Waals surface area contributed by atoms with Gasteiger partial charge in [-0.3, -0.25) is 4.79 Å². The lowest BCUT2D eigenvalue weighted by Gasteiger charge is -2.30. The van der Waals surface area contributed by atoms with Gasteiger partial charge in [-0.1, -0.05) is 6.07 Å². The molecule has 2 heterocycles. The molecule has 1 aromatic heterocycles. The minimum atomic E-state index is -3.84. The molecule has 0 aliphatic carbocycles. The van der Waals surface area contributed by atoms with Crippen LogP contribution in [0.1, 0.15) is 28.8 Å². The SMILES string of the molecule is COc1cc(C)c(S(=O)(=O)N2CCCc3ccc(CC(=O)O)nc32)c(C)c1. The summed E-state index contributed by atoms with van der Waals surface area (Å²) >= 11 is 0. The van der Waals surface area contributed by atoms with E-state index in [0.29, 0.717) is 47.8 Å². The number of anilines is 1. The fourth-order valence-corrected chi connectivity index (χ4v) is 5.39. The third-order valence-electron chi connectivity index (χ3n) is 4.61. The van der Waals surface area contributed by atoms with Crippen molar-refractivity contribution in [2.24, 2.45) is 0 Å². The number of aliphatic carboxylic acids is 1. The van der Waals surface area contributed by atoms with Crippen molar-refractivity contribution >= 4 is 21.8 Å². The van der Waals surface area contributed by atoms with Crippen LogP contribution in [0.2, 0.25) is 0 Å². The molecule has 1 aliphatic heterocycles. The van der Waals surface area contributed by atoms with Crippen LogP contribution in [0.4, 0.5) is 5.82 Å². The number of aromatic nitrogens is 1. The van der Waals surface area contributed by atoms with Gasteiger partial charge in [0.1, 0.15) is 11.6 Å². The summed E-state index contributed by atoms with van der Waals surface area (Å²) in [5.74, 6) is -0.0750. The van der Waals surface area contributed by atoms with Crippen LogP contribution in [-0.2, 0) is 27.7 Å². The summed E-state index contributed by atoms with van der Waals surface area (Å²) in [5.41, 5.74) is 2.34. The second-order valence-corrected chi connectivity index (χ2v) is 8.43. The Kier molecular flexibility index (Phi) is 5.10. The van der Waals surface area contributed by atoms with Crippen LogP contribution in [0.25, 0.3) is 0 Å². The van der Waals surface area contributed by atoms with E-state index in [1.807, 2.05) is 0 Å². The maximum atomic E-state index is 13.5. The first-order chi connectivity index (χ1) is 12.7. The predicted molar refractivity (Wildman–Crippen MR) is 101 cm³/mol. The Morgan fingerprint density at radius 1 is 1.26 bits per heavy atom. The zero-order chi connectivity index (χ0) is 19.8. The molecule has 1 N–H and O–H groups in total. The van der Waals surface area contributed by atoms with Crippen molar-refractivity contribution in [3.63, 3.8) is 0 Å². The highest BCUT2D eigenvalue weighted by molar-refractivity contribution is 7.93. The van der Waals surface area contributed by atoms with E-state index in [1.54, 1.807) is 38.1 Å². The minimum absolute atomic E-state index is 0.238. The van der Waals surface area contributed by atoms with E-state index in [9.17, 15) is 13.2 Å². The normalized spacial score (nSPS) is 14.0. The van der Waals surface area contributed by atoms with Gasteiger partial charge in [0.25, 0.3) is 10.0 Å². The van der Waals surface area contributed by atoms with Crippen LogP contribution in [0.15, 0.2) is 29.2 Å². The molecular weight excluding hydrogens is 368 g/mol. The van der Waals surface area contributed by atoms with Gasteiger partial charge < -0.3 is 9.84 Å². The number of hydrogen-bond acceptors (Lipinski definition) is 5. The van der Waals surface area contributed by atoms with Gasteiger partial charge in [0, 0.05) is 6.54 Å². The molecule has 0 saturated carbocycles. The van der Waals surface area contributed by atoms with Crippen LogP contribution < -0.4 is 9.04 Å². The van der Waals surface area contributed by atoms with E-state index in [1.165, 1.54) is 11.4 Å². The molecule has 0 amide bonds. The molecule has 0 fully saturated rings. The van der Waals surface area contributed by atoms with Crippen molar-refractivity contribution in [3.05, 3.63) is 46.6 Å². The van der Waals surface area contributed by atoms with Crippen LogP contribution in [0, 0.1) is 13.8 Å². The van der Waals surface area contributed by atoms with Crippen LogP contribution in [-0.4, -0.2) is 38.1 Å². The molecule has 0 radical (unpaired) electrons. The Bertz CT molecular complexity index is 978. The fraction of sp³-hybridized carbons (Fsp3) is 0.368. The second-order valence-electron chi connectivity index (χ2n) is 6.63. The van der Waals surface area contributed by atoms with Gasteiger partial charge in [-0.2, -0.15) is 0 Å². The first-order valence-corrected chi connectivity index (χ1v) is 10.1. The number of carboxylic acids is 1. The Labute approximate surface area is 158 Å². The van der Waals surface area contributed by atoms with Crippen molar-refractivity contribution in [3.8, 4) is 5.75 Å². The predicted octanol–water partition coefficient (Wildman–Crippen LogP) is 2.48. The molecule has 1 aliphatic rings. The largest absolute Gasteiger partial charge is 0.497 e. The lowest BCUT2D eigenvalue weighted by Crippen LogP contribution is -2.37. The van der Waals surface area contributed by atoms with Gasteiger partial charge in [-0.05, 0) is 61.6 Å². The van der Waals surface area contributed by atoms with Gasteiger partial charge in [0.15, 0.2) is 0 Å². The molecule has 0 bridgehead atoms. The maximum Gasteiger partial charge on any atom is 0.309 e. The van der Waals surface area contributed by atoms with E-state index in [0.717, 1.165) is 5.56 Å². The molecule has 0 unspecified atom stereocenters. The van der Waals surface area contributed by atoms with E-state index in [-0.39, 0.29) is 11.3 Å². The summed E-state index contributed by atoms with van der Waals surface area (Å²) in [5, 5.41) is 9.01. The molecule has 0 spiro atoms. The van der Waals surface area contributed by atoms with Gasteiger partial charge in [-0.25, -0.2) is 17.7 Å². The minimum Gasteiger partial charge on any atom is -0.497 e. The van der Waals surface area contributed by atoms with Gasteiger partial charge >= 0.3 is 5.97 Å². The van der Waals surface area contributed by atoms with Crippen LogP contribution in [0.5, 0.6) is 5.75 Å². The van der Waals surface area contributed by atoms with E-state index < -0.39 is 16.0 Å². The summed E-state index contributed by atoms with van der Waals surface area (Å²) in [6, 6.07) is 6.81. The van der Waals surface area contributed by atoms with Crippen molar-refractivity contribution < 1.29 is 23.1 Å². The number of hydrogen-bond donors (Lipinski definition) is 1. The highest BCUT2D eigenvalue weighted by Gasteiger charge is 2.33. The van der Waals surface area contributed by atoms with Crippen molar-refractivity contribution in [2.45, 2.75) is 38.0 Å². The molecule has 2 aromatic rings. The smallest absolute Gasteiger partial charge is 0.309 e. The fourth-order valence-electron chi connectivity index (χ4n) is 3.48. The molecule has 1 aromatic carbocycles. The molecule has 144 valence electrons. The number of pyridine rings is 1. The average Bonchev–Trinajstić information content (AvgIpc) is 2.59. The standard InChI is InChI=1S/C19H22N2O5S/c1-12-9-16(26-3)10-13(2)18(12)27(24,25)21-8-4-5-14-6-7-15(11-17(22)23)20-19(14)21/h6-7,9-10H,4-5,8,11H2,1-3H3,(H,22,23). The van der Waals surface area contributed by atoms with Gasteiger partial charge in [0.05, 0.1) is 24.1 Å². The van der Waals surface area contributed by atoms with E-state index >= 15 is 0 Å². The molecule has 0 atom stereocenters. The van der Waals surface area contributed by atoms with E-state index in [4.69, 9.17) is 9.84 Å². The molecular formula is C19H22N2O5S. The lowest BCUT2D eigenvalue weighted by atomic mass is 10.1. The lowest BCUT2D eigenvalue weighted by molar-refractivity contribution is -0.136. The van der Waals surface area contributed by atoms with Crippen molar-refractivity contribution in [2.75, 3.05) is 18.0 Å². The number of fused-ring (bicyclic) bond motifs is 1. The molecule has 7 nitrogen and oxygen atoms in total. The number of carboxylic acid groups (broad SMARTS) is 1. The quantitative estimate of drug-likeness (QED) is 0.842. The Morgan fingerprint density at radius 2 is 1.93 bits per heavy atom. The summed E-state index contributed by atoms with van der Waals surface area (Å²) in [4.78, 5) is 15.6. The van der Waals surface area contributed by atoms with Crippen LogP contribution >= 0.6 is 0 Å². The number of rotatable bonds is 5.